The van der Waals surface area contributed by atoms with E-state index >= 15 is 0 Å². The minimum absolute atomic E-state index is 0.0176. The predicted molar refractivity (Wildman–Crippen MR) is 102 cm³/mol. The lowest BCUT2D eigenvalue weighted by molar-refractivity contribution is -0.856. The molecule has 0 spiro atoms. The van der Waals surface area contributed by atoms with Gasteiger partial charge in [0.15, 0.2) is 5.13 Å². The highest BCUT2D eigenvalue weighted by Crippen LogP contribution is 2.31. The SMILES string of the molecule is C[NH+](C)CCN(C(=O)c1ccccc1[N+](=O)[O-])c1nc2c(F)cccc2s1. The molecule has 7 nitrogen and oxygen atoms in total. The van der Waals surface area contributed by atoms with Crippen LogP contribution in [0.2, 0.25) is 0 Å². The zero-order valence-corrected chi connectivity index (χ0v) is 15.6. The molecule has 2 aromatic carbocycles. The minimum atomic E-state index is -0.583. The molecular weight excluding hydrogens is 371 g/mol. The molecule has 0 unspecified atom stereocenters. The minimum Gasteiger partial charge on any atom is -0.338 e. The van der Waals surface area contributed by atoms with Crippen LogP contribution in [0.25, 0.3) is 10.2 Å². The van der Waals surface area contributed by atoms with Crippen molar-refractivity contribution in [1.82, 2.24) is 4.98 Å². The summed E-state index contributed by atoms with van der Waals surface area (Å²) in [5.41, 5.74) is -0.0944. The summed E-state index contributed by atoms with van der Waals surface area (Å²) >= 11 is 1.18. The first-order valence-electron chi connectivity index (χ1n) is 8.28. The Morgan fingerprint density at radius 3 is 2.67 bits per heavy atom. The van der Waals surface area contributed by atoms with Crippen LogP contribution < -0.4 is 9.80 Å². The molecule has 0 aliphatic rings. The highest BCUT2D eigenvalue weighted by Gasteiger charge is 2.28. The molecule has 0 aliphatic carbocycles. The van der Waals surface area contributed by atoms with Crippen LogP contribution in [0.5, 0.6) is 0 Å². The van der Waals surface area contributed by atoms with Gasteiger partial charge in [-0.05, 0) is 18.2 Å². The van der Waals surface area contributed by atoms with Crippen molar-refractivity contribution in [2.45, 2.75) is 0 Å². The third-order valence-corrected chi connectivity index (χ3v) is 5.04. The quantitative estimate of drug-likeness (QED) is 0.517. The van der Waals surface area contributed by atoms with Crippen molar-refractivity contribution in [3.8, 4) is 0 Å². The number of nitro benzene ring substituents is 1. The molecule has 0 atom stereocenters. The molecule has 0 aliphatic heterocycles. The second-order valence-electron chi connectivity index (χ2n) is 6.27. The number of likely N-dealkylation sites (N-methyl/N-ethyl adjacent to an activating group) is 1. The van der Waals surface area contributed by atoms with Crippen molar-refractivity contribution >= 4 is 38.3 Å². The molecule has 0 fully saturated rings. The van der Waals surface area contributed by atoms with Crippen molar-refractivity contribution in [2.75, 3.05) is 32.1 Å². The van der Waals surface area contributed by atoms with Crippen LogP contribution in [0.1, 0.15) is 10.4 Å². The Morgan fingerprint density at radius 1 is 1.26 bits per heavy atom. The molecule has 0 saturated heterocycles. The third-order valence-electron chi connectivity index (χ3n) is 4.00. The molecule has 1 N–H and O–H groups in total. The number of amides is 1. The average Bonchev–Trinajstić information content (AvgIpc) is 3.06. The Balaban J connectivity index is 2.06. The summed E-state index contributed by atoms with van der Waals surface area (Å²) in [4.78, 5) is 30.6. The van der Waals surface area contributed by atoms with Crippen molar-refractivity contribution in [2.24, 2.45) is 0 Å². The molecular formula is C18H18FN4O3S+. The number of anilines is 1. The standard InChI is InChI=1S/C18H17FN4O3S/c1-21(2)10-11-22(17(24)12-6-3-4-8-14(12)23(25)26)18-20-16-13(19)7-5-9-15(16)27-18/h3-9H,10-11H2,1-2H3/p+1. The van der Waals surface area contributed by atoms with Gasteiger partial charge in [-0.3, -0.25) is 19.8 Å². The number of halogens is 1. The van der Waals surface area contributed by atoms with Gasteiger partial charge in [0.25, 0.3) is 11.6 Å². The van der Waals surface area contributed by atoms with Crippen LogP contribution in [0.4, 0.5) is 15.2 Å². The summed E-state index contributed by atoms with van der Waals surface area (Å²) in [5, 5.41) is 11.6. The van der Waals surface area contributed by atoms with Gasteiger partial charge in [0.2, 0.25) is 0 Å². The first kappa shape index (κ1) is 18.9. The van der Waals surface area contributed by atoms with Crippen LogP contribution in [0.15, 0.2) is 42.5 Å². The molecule has 140 valence electrons. The normalized spacial score (nSPS) is 11.1. The Bertz CT molecular complexity index is 1010. The molecule has 27 heavy (non-hydrogen) atoms. The largest absolute Gasteiger partial charge is 0.338 e. The maximum Gasteiger partial charge on any atom is 0.282 e. The van der Waals surface area contributed by atoms with Gasteiger partial charge in [-0.15, -0.1) is 0 Å². The molecule has 3 rings (SSSR count). The van der Waals surface area contributed by atoms with Crippen molar-refractivity contribution in [3.63, 3.8) is 0 Å². The lowest BCUT2D eigenvalue weighted by atomic mass is 10.1. The Morgan fingerprint density at radius 2 is 2.00 bits per heavy atom. The van der Waals surface area contributed by atoms with Gasteiger partial charge in [0.1, 0.15) is 16.9 Å². The Kier molecular flexibility index (Phi) is 5.43. The zero-order valence-electron chi connectivity index (χ0n) is 14.8. The van der Waals surface area contributed by atoms with Gasteiger partial charge in [-0.25, -0.2) is 9.37 Å². The van der Waals surface area contributed by atoms with Crippen molar-refractivity contribution < 1.29 is 19.0 Å². The lowest BCUT2D eigenvalue weighted by Gasteiger charge is -2.20. The second kappa shape index (κ2) is 7.77. The molecule has 0 saturated carbocycles. The topological polar surface area (TPSA) is 80.8 Å². The van der Waals surface area contributed by atoms with Crippen molar-refractivity contribution in [3.05, 3.63) is 64.0 Å². The van der Waals surface area contributed by atoms with E-state index in [9.17, 15) is 19.3 Å². The van der Waals surface area contributed by atoms with E-state index in [0.717, 1.165) is 4.90 Å². The summed E-state index contributed by atoms with van der Waals surface area (Å²) < 4.78 is 14.6. The average molecular weight is 389 g/mol. The summed E-state index contributed by atoms with van der Waals surface area (Å²) in [5.74, 6) is -0.991. The number of fused-ring (bicyclic) bond motifs is 1. The number of nitrogens with zero attached hydrogens (tertiary/aromatic N) is 3. The number of hydrogen-bond donors (Lipinski definition) is 1. The molecule has 1 heterocycles. The van der Waals surface area contributed by atoms with Crippen molar-refractivity contribution in [1.29, 1.82) is 0 Å². The molecule has 1 amide bonds. The van der Waals surface area contributed by atoms with Crippen LogP contribution in [0.3, 0.4) is 0 Å². The highest BCUT2D eigenvalue weighted by atomic mass is 32.1. The number of carbonyl (C=O) groups is 1. The number of nitro groups is 1. The number of rotatable bonds is 6. The molecule has 9 heteroatoms. The van der Waals surface area contributed by atoms with E-state index in [1.807, 2.05) is 14.1 Å². The van der Waals surface area contributed by atoms with Crippen LogP contribution in [-0.4, -0.2) is 43.0 Å². The lowest BCUT2D eigenvalue weighted by Crippen LogP contribution is -3.06. The number of benzene rings is 2. The maximum atomic E-state index is 14.0. The van der Waals surface area contributed by atoms with Gasteiger partial charge >= 0.3 is 0 Å². The van der Waals surface area contributed by atoms with Gasteiger partial charge in [-0.2, -0.15) is 0 Å². The fourth-order valence-corrected chi connectivity index (χ4v) is 3.60. The molecule has 0 radical (unpaired) electrons. The second-order valence-corrected chi connectivity index (χ2v) is 7.28. The highest BCUT2D eigenvalue weighted by molar-refractivity contribution is 7.22. The van der Waals surface area contributed by atoms with Gasteiger partial charge in [0, 0.05) is 6.07 Å². The monoisotopic (exact) mass is 389 g/mol. The van der Waals surface area contributed by atoms with Gasteiger partial charge < -0.3 is 4.90 Å². The van der Waals surface area contributed by atoms with E-state index in [0.29, 0.717) is 22.9 Å². The summed E-state index contributed by atoms with van der Waals surface area (Å²) in [6, 6.07) is 10.4. The maximum absolute atomic E-state index is 14.0. The van der Waals surface area contributed by atoms with E-state index in [4.69, 9.17) is 0 Å². The van der Waals surface area contributed by atoms with Gasteiger partial charge in [-0.1, -0.05) is 29.5 Å². The third kappa shape index (κ3) is 3.93. The Hall–Kier alpha value is -2.91. The first-order valence-corrected chi connectivity index (χ1v) is 9.09. The van der Waals surface area contributed by atoms with E-state index in [2.05, 4.69) is 4.98 Å². The first-order chi connectivity index (χ1) is 12.9. The molecule has 0 bridgehead atoms. The Labute approximate surface area is 158 Å². The molecule has 3 aromatic rings. The van der Waals surface area contributed by atoms with E-state index < -0.39 is 16.6 Å². The number of aromatic nitrogens is 1. The number of hydrogen-bond acceptors (Lipinski definition) is 5. The summed E-state index contributed by atoms with van der Waals surface area (Å²) in [6.45, 7) is 0.902. The van der Waals surface area contributed by atoms with Crippen LogP contribution >= 0.6 is 11.3 Å². The fourth-order valence-electron chi connectivity index (χ4n) is 2.60. The number of para-hydroxylation sites is 2. The van der Waals surface area contributed by atoms with Gasteiger partial charge in [0.05, 0.1) is 36.8 Å². The van der Waals surface area contributed by atoms with E-state index in [1.54, 1.807) is 18.2 Å². The fraction of sp³-hybridized carbons (Fsp3) is 0.222. The number of nitrogens with one attached hydrogen (secondary N) is 1. The predicted octanol–water partition coefficient (Wildman–Crippen LogP) is 2.13. The number of carbonyl (C=O) groups excluding carboxylic acids is 1. The smallest absolute Gasteiger partial charge is 0.282 e. The number of thiazole rings is 1. The zero-order chi connectivity index (χ0) is 19.6. The summed E-state index contributed by atoms with van der Waals surface area (Å²) in [6.07, 6.45) is 0. The summed E-state index contributed by atoms with van der Waals surface area (Å²) in [7, 11) is 3.87. The van der Waals surface area contributed by atoms with Crippen LogP contribution in [-0.2, 0) is 0 Å². The molecule has 1 aromatic heterocycles. The number of quaternary nitrogens is 1. The van der Waals surface area contributed by atoms with Crippen LogP contribution in [0, 0.1) is 15.9 Å². The van der Waals surface area contributed by atoms with E-state index in [-0.39, 0.29) is 16.8 Å². The van der Waals surface area contributed by atoms with E-state index in [1.165, 1.54) is 40.5 Å².